The topological polar surface area (TPSA) is 51.7 Å². The lowest BCUT2D eigenvalue weighted by Crippen LogP contribution is -2.32. The minimum absolute atomic E-state index is 0.0216. The Labute approximate surface area is 175 Å². The van der Waals surface area contributed by atoms with E-state index in [1.165, 1.54) is 11.3 Å². The number of ether oxygens (including phenoxy) is 2. The van der Waals surface area contributed by atoms with Crippen molar-refractivity contribution in [2.75, 3.05) is 26.8 Å². The monoisotopic (exact) mass is 410 g/mol. The van der Waals surface area contributed by atoms with E-state index in [1.807, 2.05) is 67.8 Å². The summed E-state index contributed by atoms with van der Waals surface area (Å²) in [6.07, 6.45) is 0.272. The first-order chi connectivity index (χ1) is 14.1. The van der Waals surface area contributed by atoms with Crippen LogP contribution < -0.4 is 9.47 Å². The number of amides is 1. The van der Waals surface area contributed by atoms with Crippen LogP contribution in [0.4, 0.5) is 0 Å². The van der Waals surface area contributed by atoms with Crippen molar-refractivity contribution in [1.82, 2.24) is 9.88 Å². The van der Waals surface area contributed by atoms with Gasteiger partial charge in [-0.25, -0.2) is 4.98 Å². The lowest BCUT2D eigenvalue weighted by molar-refractivity contribution is -0.129. The first-order valence-electron chi connectivity index (χ1n) is 9.67. The number of thiazole rings is 1. The molecular formula is C23H26N2O3S. The van der Waals surface area contributed by atoms with Crippen molar-refractivity contribution < 1.29 is 14.3 Å². The van der Waals surface area contributed by atoms with E-state index in [4.69, 9.17) is 9.47 Å². The van der Waals surface area contributed by atoms with E-state index in [2.05, 4.69) is 4.98 Å². The van der Waals surface area contributed by atoms with E-state index in [1.54, 1.807) is 11.9 Å². The third-order valence-corrected chi connectivity index (χ3v) is 5.43. The summed E-state index contributed by atoms with van der Waals surface area (Å²) in [7, 11) is 1.79. The maximum atomic E-state index is 12.5. The molecule has 0 saturated carbocycles. The molecule has 3 rings (SSSR count). The van der Waals surface area contributed by atoms with Crippen molar-refractivity contribution in [2.45, 2.75) is 20.3 Å². The van der Waals surface area contributed by atoms with Gasteiger partial charge in [-0.2, -0.15) is 0 Å². The zero-order valence-corrected chi connectivity index (χ0v) is 17.9. The van der Waals surface area contributed by atoms with Crippen LogP contribution >= 0.6 is 11.3 Å². The highest BCUT2D eigenvalue weighted by atomic mass is 32.1. The number of benzene rings is 2. The van der Waals surface area contributed by atoms with Crippen molar-refractivity contribution in [2.24, 2.45) is 0 Å². The number of nitrogens with zero attached hydrogens (tertiary/aromatic N) is 2. The molecular weight excluding hydrogens is 384 g/mol. The van der Waals surface area contributed by atoms with Gasteiger partial charge in [0.15, 0.2) is 0 Å². The predicted molar refractivity (Wildman–Crippen MR) is 117 cm³/mol. The van der Waals surface area contributed by atoms with Gasteiger partial charge in [0.2, 0.25) is 5.91 Å². The maximum Gasteiger partial charge on any atom is 0.228 e. The number of aryl methyl sites for hydroxylation is 1. The Kier molecular flexibility index (Phi) is 7.25. The third-order valence-electron chi connectivity index (χ3n) is 4.51. The van der Waals surface area contributed by atoms with Crippen LogP contribution in [0.1, 0.15) is 18.2 Å². The molecule has 0 unspecified atom stereocenters. The smallest absolute Gasteiger partial charge is 0.228 e. The van der Waals surface area contributed by atoms with Gasteiger partial charge in [-0.05, 0) is 37.6 Å². The Morgan fingerprint density at radius 3 is 2.55 bits per heavy atom. The molecule has 0 atom stereocenters. The maximum absolute atomic E-state index is 12.5. The van der Waals surface area contributed by atoms with Crippen molar-refractivity contribution in [3.63, 3.8) is 0 Å². The second-order valence-electron chi connectivity index (χ2n) is 6.68. The average molecular weight is 411 g/mol. The molecule has 3 aromatic rings. The third kappa shape index (κ3) is 5.57. The van der Waals surface area contributed by atoms with E-state index in [9.17, 15) is 4.79 Å². The first kappa shape index (κ1) is 20.9. The normalized spacial score (nSPS) is 10.6. The predicted octanol–water partition coefficient (Wildman–Crippen LogP) is 4.60. The zero-order chi connectivity index (χ0) is 20.6. The van der Waals surface area contributed by atoms with Gasteiger partial charge in [-0.3, -0.25) is 4.79 Å². The van der Waals surface area contributed by atoms with Crippen LogP contribution in [0.3, 0.4) is 0 Å². The lowest BCUT2D eigenvalue weighted by Gasteiger charge is -2.17. The fourth-order valence-electron chi connectivity index (χ4n) is 2.86. The van der Waals surface area contributed by atoms with E-state index in [0.717, 1.165) is 33.3 Å². The SMILES string of the molecule is CCOc1ccccc1-c1nc(CC(=O)N(C)CCOc2ccccc2C)cs1. The number of aromatic nitrogens is 1. The van der Waals surface area contributed by atoms with Crippen LogP contribution in [-0.2, 0) is 11.2 Å². The number of likely N-dealkylation sites (N-methyl/N-ethyl adjacent to an activating group) is 1. The van der Waals surface area contributed by atoms with Gasteiger partial charge in [0.05, 0.1) is 30.8 Å². The fourth-order valence-corrected chi connectivity index (χ4v) is 3.71. The summed E-state index contributed by atoms with van der Waals surface area (Å²) >= 11 is 1.53. The quantitative estimate of drug-likeness (QED) is 0.517. The highest BCUT2D eigenvalue weighted by Gasteiger charge is 2.15. The standard InChI is InChI=1S/C23H26N2O3S/c1-4-27-21-12-8-6-10-19(21)23-24-18(16-29-23)15-22(26)25(3)13-14-28-20-11-7-5-9-17(20)2/h5-12,16H,4,13-15H2,1-3H3. The molecule has 152 valence electrons. The number of carbonyl (C=O) groups excluding carboxylic acids is 1. The molecule has 0 aliphatic heterocycles. The molecule has 0 radical (unpaired) electrons. The lowest BCUT2D eigenvalue weighted by atomic mass is 10.2. The highest BCUT2D eigenvalue weighted by molar-refractivity contribution is 7.13. The molecule has 29 heavy (non-hydrogen) atoms. The summed E-state index contributed by atoms with van der Waals surface area (Å²) in [6.45, 7) is 5.55. The summed E-state index contributed by atoms with van der Waals surface area (Å²) in [5.41, 5.74) is 2.81. The summed E-state index contributed by atoms with van der Waals surface area (Å²) in [4.78, 5) is 18.9. The van der Waals surface area contributed by atoms with Crippen LogP contribution in [0.5, 0.6) is 11.5 Å². The number of para-hydroxylation sites is 2. The molecule has 0 fully saturated rings. The highest BCUT2D eigenvalue weighted by Crippen LogP contribution is 2.32. The minimum atomic E-state index is 0.0216. The van der Waals surface area contributed by atoms with Crippen molar-refractivity contribution in [1.29, 1.82) is 0 Å². The molecule has 0 aliphatic carbocycles. The van der Waals surface area contributed by atoms with Gasteiger partial charge in [0, 0.05) is 12.4 Å². The van der Waals surface area contributed by atoms with Crippen LogP contribution in [0, 0.1) is 6.92 Å². The molecule has 0 spiro atoms. The van der Waals surface area contributed by atoms with Gasteiger partial charge in [-0.1, -0.05) is 30.3 Å². The van der Waals surface area contributed by atoms with Crippen LogP contribution in [0.15, 0.2) is 53.9 Å². The molecule has 1 aromatic heterocycles. The van der Waals surface area contributed by atoms with Crippen LogP contribution in [-0.4, -0.2) is 42.6 Å². The Hall–Kier alpha value is -2.86. The Balaban J connectivity index is 1.55. The summed E-state index contributed by atoms with van der Waals surface area (Å²) in [5, 5.41) is 2.80. The number of rotatable bonds is 9. The zero-order valence-electron chi connectivity index (χ0n) is 17.1. The van der Waals surface area contributed by atoms with Crippen molar-refractivity contribution >= 4 is 17.2 Å². The van der Waals surface area contributed by atoms with E-state index >= 15 is 0 Å². The molecule has 2 aromatic carbocycles. The van der Waals surface area contributed by atoms with Gasteiger partial charge in [0.25, 0.3) is 0 Å². The molecule has 0 saturated heterocycles. The second-order valence-corrected chi connectivity index (χ2v) is 7.54. The van der Waals surface area contributed by atoms with Gasteiger partial charge >= 0.3 is 0 Å². The van der Waals surface area contributed by atoms with Gasteiger partial charge < -0.3 is 14.4 Å². The van der Waals surface area contributed by atoms with Crippen molar-refractivity contribution in [3.8, 4) is 22.1 Å². The van der Waals surface area contributed by atoms with E-state index < -0.39 is 0 Å². The summed E-state index contributed by atoms with van der Waals surface area (Å²) in [6, 6.07) is 15.7. The van der Waals surface area contributed by atoms with E-state index in [0.29, 0.717) is 19.8 Å². The Morgan fingerprint density at radius 1 is 1.07 bits per heavy atom. The molecule has 5 nitrogen and oxygen atoms in total. The fraction of sp³-hybridized carbons (Fsp3) is 0.304. The number of hydrogen-bond donors (Lipinski definition) is 0. The summed E-state index contributed by atoms with van der Waals surface area (Å²) in [5.74, 6) is 1.69. The molecule has 0 N–H and O–H groups in total. The average Bonchev–Trinajstić information content (AvgIpc) is 3.18. The summed E-state index contributed by atoms with van der Waals surface area (Å²) < 4.78 is 11.5. The van der Waals surface area contributed by atoms with Crippen LogP contribution in [0.2, 0.25) is 0 Å². The van der Waals surface area contributed by atoms with Gasteiger partial charge in [-0.15, -0.1) is 11.3 Å². The van der Waals surface area contributed by atoms with E-state index in [-0.39, 0.29) is 12.3 Å². The molecule has 1 amide bonds. The molecule has 1 heterocycles. The number of hydrogen-bond acceptors (Lipinski definition) is 5. The van der Waals surface area contributed by atoms with Crippen LogP contribution in [0.25, 0.3) is 10.6 Å². The molecule has 6 heteroatoms. The largest absolute Gasteiger partial charge is 0.493 e. The second kappa shape index (κ2) is 10.1. The first-order valence-corrected chi connectivity index (χ1v) is 10.6. The molecule has 0 aliphatic rings. The Bertz CT molecular complexity index is 955. The molecule has 0 bridgehead atoms. The van der Waals surface area contributed by atoms with Gasteiger partial charge in [0.1, 0.15) is 23.1 Å². The van der Waals surface area contributed by atoms with Crippen molar-refractivity contribution in [3.05, 3.63) is 65.2 Å². The minimum Gasteiger partial charge on any atom is -0.493 e. The Morgan fingerprint density at radius 2 is 1.79 bits per heavy atom. The number of carbonyl (C=O) groups is 1.